The Kier molecular flexibility index (Phi) is 6.08. The van der Waals surface area contributed by atoms with E-state index in [-0.39, 0.29) is 28.7 Å². The Labute approximate surface area is 168 Å². The number of sulfone groups is 1. The van der Waals surface area contributed by atoms with E-state index in [4.69, 9.17) is 0 Å². The molecule has 3 rings (SSSR count). The molecule has 2 N–H and O–H groups in total. The number of pyridine rings is 1. The minimum absolute atomic E-state index is 0.000905. The van der Waals surface area contributed by atoms with E-state index in [1.165, 1.54) is 36.0 Å². The lowest BCUT2D eigenvalue weighted by Gasteiger charge is -2.12. The molecule has 1 aromatic carbocycles. The van der Waals surface area contributed by atoms with Crippen molar-refractivity contribution in [1.82, 2.24) is 9.71 Å². The molecule has 2 heterocycles. The zero-order valence-electron chi connectivity index (χ0n) is 15.0. The van der Waals surface area contributed by atoms with E-state index in [1.54, 1.807) is 18.3 Å². The van der Waals surface area contributed by atoms with Crippen molar-refractivity contribution in [3.63, 3.8) is 0 Å². The number of benzene rings is 1. The first-order valence-corrected chi connectivity index (χ1v) is 12.9. The quantitative estimate of drug-likeness (QED) is 0.652. The summed E-state index contributed by atoms with van der Waals surface area (Å²) in [7, 11) is -7.03. The standard InChI is InChI=1S/C17H19N3O5S3/c1-26-17-15(3-2-9-18-17)16(21)19-12-4-6-14(7-5-12)28(24,25)20-13-8-10-27(22,23)11-13/h2-7,9,13,20H,8,10-11H2,1H3,(H,19,21). The molecule has 0 saturated carbocycles. The van der Waals surface area contributed by atoms with Crippen molar-refractivity contribution >= 4 is 43.2 Å². The third-order valence-corrected chi connectivity index (χ3v) is 8.20. The van der Waals surface area contributed by atoms with Gasteiger partial charge in [0, 0.05) is 17.9 Å². The van der Waals surface area contributed by atoms with Crippen LogP contribution in [0.1, 0.15) is 16.8 Å². The molecule has 1 unspecified atom stereocenters. The number of thioether (sulfide) groups is 1. The predicted molar refractivity (Wildman–Crippen MR) is 108 cm³/mol. The molecule has 0 bridgehead atoms. The van der Waals surface area contributed by atoms with Gasteiger partial charge in [-0.2, -0.15) is 0 Å². The highest BCUT2D eigenvalue weighted by molar-refractivity contribution is 7.98. The lowest BCUT2D eigenvalue weighted by atomic mass is 10.2. The Morgan fingerprint density at radius 3 is 2.54 bits per heavy atom. The number of carbonyl (C=O) groups excluding carboxylic acids is 1. The van der Waals surface area contributed by atoms with Crippen molar-refractivity contribution in [2.24, 2.45) is 0 Å². The zero-order chi connectivity index (χ0) is 20.4. The van der Waals surface area contributed by atoms with Crippen LogP contribution < -0.4 is 10.0 Å². The van der Waals surface area contributed by atoms with Gasteiger partial charge in [0.15, 0.2) is 9.84 Å². The molecule has 0 aliphatic carbocycles. The first kappa shape index (κ1) is 20.8. The van der Waals surface area contributed by atoms with Gasteiger partial charge in [-0.05, 0) is 49.1 Å². The Morgan fingerprint density at radius 2 is 1.93 bits per heavy atom. The number of anilines is 1. The second-order valence-electron chi connectivity index (χ2n) is 6.26. The smallest absolute Gasteiger partial charge is 0.258 e. The monoisotopic (exact) mass is 441 g/mol. The third kappa shape index (κ3) is 4.90. The average Bonchev–Trinajstić information content (AvgIpc) is 2.99. The van der Waals surface area contributed by atoms with Crippen molar-refractivity contribution < 1.29 is 21.6 Å². The Hall–Kier alpha value is -1.95. The number of hydrogen-bond acceptors (Lipinski definition) is 7. The van der Waals surface area contributed by atoms with Crippen molar-refractivity contribution in [3.05, 3.63) is 48.2 Å². The van der Waals surface area contributed by atoms with E-state index in [2.05, 4.69) is 15.0 Å². The number of sulfonamides is 1. The summed E-state index contributed by atoms with van der Waals surface area (Å²) < 4.78 is 50.3. The fraction of sp³-hybridized carbons (Fsp3) is 0.294. The maximum absolute atomic E-state index is 12.4. The lowest BCUT2D eigenvalue weighted by molar-refractivity contribution is 0.102. The fourth-order valence-electron chi connectivity index (χ4n) is 2.82. The minimum Gasteiger partial charge on any atom is -0.322 e. The van der Waals surface area contributed by atoms with Gasteiger partial charge in [0.1, 0.15) is 5.03 Å². The summed E-state index contributed by atoms with van der Waals surface area (Å²) in [5, 5.41) is 3.30. The van der Waals surface area contributed by atoms with E-state index < -0.39 is 25.9 Å². The molecule has 150 valence electrons. The van der Waals surface area contributed by atoms with Crippen LogP contribution in [-0.2, 0) is 19.9 Å². The molecule has 1 aliphatic rings. The second-order valence-corrected chi connectivity index (χ2v) is 11.0. The molecule has 1 aliphatic heterocycles. The van der Waals surface area contributed by atoms with Crippen molar-refractivity contribution in [2.45, 2.75) is 22.4 Å². The van der Waals surface area contributed by atoms with Crippen LogP contribution in [0.25, 0.3) is 0 Å². The van der Waals surface area contributed by atoms with E-state index in [1.807, 2.05) is 6.26 Å². The Morgan fingerprint density at radius 1 is 1.21 bits per heavy atom. The number of carbonyl (C=O) groups is 1. The number of nitrogens with one attached hydrogen (secondary N) is 2. The molecule has 11 heteroatoms. The van der Waals surface area contributed by atoms with Crippen molar-refractivity contribution in [2.75, 3.05) is 23.1 Å². The number of amides is 1. The number of rotatable bonds is 6. The number of aromatic nitrogens is 1. The van der Waals surface area contributed by atoms with Gasteiger partial charge in [0.2, 0.25) is 10.0 Å². The van der Waals surface area contributed by atoms with Gasteiger partial charge >= 0.3 is 0 Å². The summed E-state index contributed by atoms with van der Waals surface area (Å²) >= 11 is 1.35. The maximum atomic E-state index is 12.4. The van der Waals surface area contributed by atoms with Crippen LogP contribution in [0, 0.1) is 0 Å². The van der Waals surface area contributed by atoms with Gasteiger partial charge in [-0.3, -0.25) is 4.79 Å². The van der Waals surface area contributed by atoms with Crippen LogP contribution >= 0.6 is 11.8 Å². The van der Waals surface area contributed by atoms with Gasteiger partial charge in [-0.1, -0.05) is 0 Å². The van der Waals surface area contributed by atoms with Crippen LogP contribution in [0.5, 0.6) is 0 Å². The maximum Gasteiger partial charge on any atom is 0.258 e. The van der Waals surface area contributed by atoms with E-state index in [9.17, 15) is 21.6 Å². The molecule has 2 aromatic rings. The first-order chi connectivity index (χ1) is 13.2. The summed E-state index contributed by atoms with van der Waals surface area (Å²) in [5.74, 6) is -0.553. The first-order valence-electron chi connectivity index (χ1n) is 8.33. The predicted octanol–water partition coefficient (Wildman–Crippen LogP) is 1.52. The summed E-state index contributed by atoms with van der Waals surface area (Å²) in [6.45, 7) is 0. The fourth-order valence-corrected chi connectivity index (χ4v) is 6.41. The number of nitrogens with zero attached hydrogens (tertiary/aromatic N) is 1. The van der Waals surface area contributed by atoms with Gasteiger partial charge in [-0.15, -0.1) is 11.8 Å². The van der Waals surface area contributed by atoms with Crippen molar-refractivity contribution in [1.29, 1.82) is 0 Å². The molecular formula is C17H19N3O5S3. The minimum atomic E-state index is -3.84. The van der Waals surface area contributed by atoms with Gasteiger partial charge in [0.25, 0.3) is 5.91 Å². The average molecular weight is 442 g/mol. The van der Waals surface area contributed by atoms with Crippen molar-refractivity contribution in [3.8, 4) is 0 Å². The highest BCUT2D eigenvalue weighted by atomic mass is 32.2. The molecule has 1 saturated heterocycles. The lowest BCUT2D eigenvalue weighted by Crippen LogP contribution is -2.35. The largest absolute Gasteiger partial charge is 0.322 e. The molecule has 0 radical (unpaired) electrons. The van der Waals surface area contributed by atoms with Crippen LogP contribution in [0.15, 0.2) is 52.5 Å². The molecular weight excluding hydrogens is 422 g/mol. The van der Waals surface area contributed by atoms with Crippen LogP contribution in [-0.4, -0.2) is 51.5 Å². The molecule has 8 nitrogen and oxygen atoms in total. The topological polar surface area (TPSA) is 122 Å². The second kappa shape index (κ2) is 8.19. The van der Waals surface area contributed by atoms with E-state index in [0.29, 0.717) is 16.3 Å². The van der Waals surface area contributed by atoms with Gasteiger partial charge in [0.05, 0.1) is 22.0 Å². The highest BCUT2D eigenvalue weighted by Gasteiger charge is 2.31. The molecule has 1 amide bonds. The van der Waals surface area contributed by atoms with Gasteiger partial charge in [-0.25, -0.2) is 26.5 Å². The summed E-state index contributed by atoms with van der Waals surface area (Å²) in [6.07, 6.45) is 3.69. The SMILES string of the molecule is CSc1ncccc1C(=O)Nc1ccc(S(=O)(=O)NC2CCS(=O)(=O)C2)cc1. The summed E-state index contributed by atoms with van der Waals surface area (Å²) in [4.78, 5) is 16.6. The normalized spacial score (nSPS) is 18.7. The third-order valence-electron chi connectivity index (χ3n) is 4.19. The van der Waals surface area contributed by atoms with Crippen LogP contribution in [0.4, 0.5) is 5.69 Å². The molecule has 1 aromatic heterocycles. The van der Waals surface area contributed by atoms with Gasteiger partial charge < -0.3 is 5.32 Å². The Bertz CT molecular complexity index is 1080. The summed E-state index contributed by atoms with van der Waals surface area (Å²) in [5.41, 5.74) is 0.860. The van der Waals surface area contributed by atoms with Crippen LogP contribution in [0.3, 0.4) is 0 Å². The molecule has 1 atom stereocenters. The highest BCUT2D eigenvalue weighted by Crippen LogP contribution is 2.20. The summed E-state index contributed by atoms with van der Waals surface area (Å²) in [6, 6.07) is 8.39. The van der Waals surface area contributed by atoms with E-state index in [0.717, 1.165) is 0 Å². The number of hydrogen-bond donors (Lipinski definition) is 2. The van der Waals surface area contributed by atoms with Crippen LogP contribution in [0.2, 0.25) is 0 Å². The molecule has 0 spiro atoms. The van der Waals surface area contributed by atoms with E-state index >= 15 is 0 Å². The molecule has 1 fully saturated rings. The zero-order valence-corrected chi connectivity index (χ0v) is 17.4. The Balaban J connectivity index is 1.70. The molecule has 28 heavy (non-hydrogen) atoms.